The van der Waals surface area contributed by atoms with E-state index in [-0.39, 0.29) is 0 Å². The van der Waals surface area contributed by atoms with Crippen molar-refractivity contribution in [1.82, 2.24) is 4.98 Å². The van der Waals surface area contributed by atoms with E-state index in [0.717, 1.165) is 17.5 Å². The standard InChI is InChI=1S/C15H15N/c1-9-5-6-10-7-13-11-3-2-4-12(11)14(13)8-15(10)16-9/h5-8,11-12H,2-4H2,1H3. The highest BCUT2D eigenvalue weighted by Gasteiger charge is 2.40. The summed E-state index contributed by atoms with van der Waals surface area (Å²) in [7, 11) is 0. The van der Waals surface area contributed by atoms with E-state index in [1.54, 1.807) is 11.1 Å². The minimum Gasteiger partial charge on any atom is -0.253 e. The van der Waals surface area contributed by atoms with Gasteiger partial charge < -0.3 is 0 Å². The van der Waals surface area contributed by atoms with Gasteiger partial charge in [-0.2, -0.15) is 0 Å². The molecule has 0 bridgehead atoms. The van der Waals surface area contributed by atoms with Crippen LogP contribution in [0.25, 0.3) is 10.9 Å². The third kappa shape index (κ3) is 0.986. The molecule has 1 heteroatoms. The van der Waals surface area contributed by atoms with Crippen molar-refractivity contribution in [1.29, 1.82) is 0 Å². The summed E-state index contributed by atoms with van der Waals surface area (Å²) >= 11 is 0. The van der Waals surface area contributed by atoms with Gasteiger partial charge in [-0.05, 0) is 60.9 Å². The van der Waals surface area contributed by atoms with Gasteiger partial charge in [-0.3, -0.25) is 4.98 Å². The Morgan fingerprint density at radius 1 is 1.06 bits per heavy atom. The van der Waals surface area contributed by atoms with Gasteiger partial charge in [-0.1, -0.05) is 12.5 Å². The third-order valence-corrected chi connectivity index (χ3v) is 4.35. The summed E-state index contributed by atoms with van der Waals surface area (Å²) in [6, 6.07) is 9.04. The Kier molecular flexibility index (Phi) is 1.56. The zero-order valence-corrected chi connectivity index (χ0v) is 9.53. The van der Waals surface area contributed by atoms with Crippen LogP contribution < -0.4 is 0 Å². The van der Waals surface area contributed by atoms with E-state index in [1.807, 2.05) is 0 Å². The number of hydrogen-bond acceptors (Lipinski definition) is 1. The fourth-order valence-corrected chi connectivity index (χ4v) is 3.56. The number of rotatable bonds is 0. The van der Waals surface area contributed by atoms with E-state index in [2.05, 4.69) is 36.2 Å². The summed E-state index contributed by atoms with van der Waals surface area (Å²) in [6.07, 6.45) is 4.21. The lowest BCUT2D eigenvalue weighted by atomic mass is 9.69. The van der Waals surface area contributed by atoms with Crippen LogP contribution >= 0.6 is 0 Å². The van der Waals surface area contributed by atoms with Crippen LogP contribution in [0.15, 0.2) is 24.3 Å². The molecule has 1 heterocycles. The minimum atomic E-state index is 0.863. The Morgan fingerprint density at radius 3 is 2.62 bits per heavy atom. The molecule has 1 saturated carbocycles. The van der Waals surface area contributed by atoms with Crippen LogP contribution in [0.3, 0.4) is 0 Å². The van der Waals surface area contributed by atoms with Crippen LogP contribution in [0, 0.1) is 6.92 Å². The van der Waals surface area contributed by atoms with Crippen molar-refractivity contribution in [2.75, 3.05) is 0 Å². The Morgan fingerprint density at radius 2 is 1.81 bits per heavy atom. The number of aromatic nitrogens is 1. The maximum absolute atomic E-state index is 4.63. The van der Waals surface area contributed by atoms with Crippen molar-refractivity contribution in [2.45, 2.75) is 38.0 Å². The zero-order chi connectivity index (χ0) is 10.7. The molecule has 0 spiro atoms. The second kappa shape index (κ2) is 2.85. The van der Waals surface area contributed by atoms with Crippen molar-refractivity contribution in [3.05, 3.63) is 41.1 Å². The average Bonchev–Trinajstić information content (AvgIpc) is 2.70. The molecule has 2 aromatic rings. The molecule has 0 aliphatic heterocycles. The predicted octanol–water partition coefficient (Wildman–Crippen LogP) is 3.91. The Labute approximate surface area is 95.5 Å². The molecule has 0 N–H and O–H groups in total. The highest BCUT2D eigenvalue weighted by molar-refractivity contribution is 5.82. The van der Waals surface area contributed by atoms with Gasteiger partial charge in [0.2, 0.25) is 0 Å². The summed E-state index contributed by atoms with van der Waals surface area (Å²) < 4.78 is 0. The van der Waals surface area contributed by atoms with Crippen molar-refractivity contribution < 1.29 is 0 Å². The van der Waals surface area contributed by atoms with Gasteiger partial charge in [-0.15, -0.1) is 0 Å². The lowest BCUT2D eigenvalue weighted by Gasteiger charge is -2.35. The summed E-state index contributed by atoms with van der Waals surface area (Å²) in [5.41, 5.74) is 5.51. The van der Waals surface area contributed by atoms with Gasteiger partial charge in [0.15, 0.2) is 0 Å². The number of hydrogen-bond donors (Lipinski definition) is 0. The number of aryl methyl sites for hydroxylation is 1. The summed E-state index contributed by atoms with van der Waals surface area (Å²) in [5.74, 6) is 1.74. The molecule has 80 valence electrons. The molecule has 1 aromatic heterocycles. The molecular formula is C15H15N. The number of pyridine rings is 1. The maximum atomic E-state index is 4.63. The fraction of sp³-hybridized carbons (Fsp3) is 0.400. The Balaban J connectivity index is 1.97. The molecule has 1 aromatic carbocycles. The lowest BCUT2D eigenvalue weighted by molar-refractivity contribution is 0.544. The minimum absolute atomic E-state index is 0.863. The SMILES string of the molecule is Cc1ccc2cc3c(cc2n1)C1CCCC31. The molecule has 0 amide bonds. The first kappa shape index (κ1) is 8.74. The van der Waals surface area contributed by atoms with Gasteiger partial charge >= 0.3 is 0 Å². The van der Waals surface area contributed by atoms with Gasteiger partial charge in [0.1, 0.15) is 0 Å². The number of fused-ring (bicyclic) bond motifs is 5. The first-order valence-corrected chi connectivity index (χ1v) is 6.24. The molecule has 1 nitrogen and oxygen atoms in total. The molecule has 0 saturated heterocycles. The van der Waals surface area contributed by atoms with E-state index >= 15 is 0 Å². The second-order valence-electron chi connectivity index (χ2n) is 5.27. The van der Waals surface area contributed by atoms with E-state index in [1.165, 1.54) is 30.2 Å². The van der Waals surface area contributed by atoms with Gasteiger partial charge in [0.05, 0.1) is 5.52 Å². The molecule has 2 atom stereocenters. The van der Waals surface area contributed by atoms with Gasteiger partial charge in [-0.25, -0.2) is 0 Å². The van der Waals surface area contributed by atoms with Crippen molar-refractivity contribution in [3.8, 4) is 0 Å². The van der Waals surface area contributed by atoms with Crippen LogP contribution in [0.2, 0.25) is 0 Å². The smallest absolute Gasteiger partial charge is 0.0708 e. The molecule has 16 heavy (non-hydrogen) atoms. The molecule has 2 aliphatic carbocycles. The monoisotopic (exact) mass is 209 g/mol. The largest absolute Gasteiger partial charge is 0.253 e. The number of nitrogens with zero attached hydrogens (tertiary/aromatic N) is 1. The highest BCUT2D eigenvalue weighted by Crippen LogP contribution is 2.56. The molecule has 4 rings (SSSR count). The van der Waals surface area contributed by atoms with E-state index in [9.17, 15) is 0 Å². The summed E-state index contributed by atoms with van der Waals surface area (Å²) in [4.78, 5) is 4.63. The Hall–Kier alpha value is -1.37. The lowest BCUT2D eigenvalue weighted by Crippen LogP contribution is -2.19. The highest BCUT2D eigenvalue weighted by atomic mass is 14.7. The maximum Gasteiger partial charge on any atom is 0.0708 e. The van der Waals surface area contributed by atoms with Crippen LogP contribution in [0.5, 0.6) is 0 Å². The summed E-state index contributed by atoms with van der Waals surface area (Å²) in [5, 5.41) is 1.31. The molecule has 0 radical (unpaired) electrons. The van der Waals surface area contributed by atoms with Crippen LogP contribution in [0.4, 0.5) is 0 Å². The molecule has 2 aliphatic rings. The second-order valence-corrected chi connectivity index (χ2v) is 5.27. The predicted molar refractivity (Wildman–Crippen MR) is 65.8 cm³/mol. The first-order valence-electron chi connectivity index (χ1n) is 6.24. The van der Waals surface area contributed by atoms with Gasteiger partial charge in [0, 0.05) is 11.1 Å². The van der Waals surface area contributed by atoms with Crippen LogP contribution in [0.1, 0.15) is 47.9 Å². The van der Waals surface area contributed by atoms with Gasteiger partial charge in [0.25, 0.3) is 0 Å². The van der Waals surface area contributed by atoms with E-state index in [0.29, 0.717) is 0 Å². The number of benzene rings is 1. The average molecular weight is 209 g/mol. The van der Waals surface area contributed by atoms with Crippen molar-refractivity contribution in [2.24, 2.45) is 0 Å². The molecule has 1 fully saturated rings. The van der Waals surface area contributed by atoms with Crippen molar-refractivity contribution >= 4 is 10.9 Å². The molecule has 2 unspecified atom stereocenters. The summed E-state index contributed by atoms with van der Waals surface area (Å²) in [6.45, 7) is 2.07. The normalized spacial score (nSPS) is 26.3. The molecular weight excluding hydrogens is 194 g/mol. The van der Waals surface area contributed by atoms with Crippen LogP contribution in [-0.4, -0.2) is 4.98 Å². The Bertz CT molecular complexity index is 585. The van der Waals surface area contributed by atoms with E-state index in [4.69, 9.17) is 0 Å². The third-order valence-electron chi connectivity index (χ3n) is 4.35. The van der Waals surface area contributed by atoms with Crippen LogP contribution in [-0.2, 0) is 0 Å². The topological polar surface area (TPSA) is 12.9 Å². The van der Waals surface area contributed by atoms with Crippen molar-refractivity contribution in [3.63, 3.8) is 0 Å². The first-order chi connectivity index (χ1) is 7.83. The quantitative estimate of drug-likeness (QED) is 0.641. The zero-order valence-electron chi connectivity index (χ0n) is 9.53. The van der Waals surface area contributed by atoms with E-state index < -0.39 is 0 Å². The fourth-order valence-electron chi connectivity index (χ4n) is 3.56.